The molecule has 0 aliphatic carbocycles. The Kier molecular flexibility index (Phi) is 3.91. The Morgan fingerprint density at radius 2 is 1.87 bits per heavy atom. The molecule has 0 unspecified atom stereocenters. The zero-order valence-corrected chi connectivity index (χ0v) is 14.5. The van der Waals surface area contributed by atoms with Crippen LogP contribution in [0.5, 0.6) is 5.75 Å². The van der Waals surface area contributed by atoms with Gasteiger partial charge in [-0.2, -0.15) is 4.31 Å². The Bertz CT molecular complexity index is 820. The number of para-hydroxylation sites is 1. The molecule has 0 bridgehead atoms. The number of fused-ring (bicyclic) bond motifs is 1. The van der Waals surface area contributed by atoms with Crippen molar-refractivity contribution in [3.63, 3.8) is 0 Å². The summed E-state index contributed by atoms with van der Waals surface area (Å²) in [5, 5.41) is 0. The maximum absolute atomic E-state index is 12.8. The predicted octanol–water partition coefficient (Wildman–Crippen LogP) is 3.52. The monoisotopic (exact) mass is 349 g/mol. The van der Waals surface area contributed by atoms with Crippen LogP contribution in [0.15, 0.2) is 34.5 Å². The van der Waals surface area contributed by atoms with Crippen LogP contribution in [0.2, 0.25) is 0 Å². The van der Waals surface area contributed by atoms with Crippen LogP contribution in [-0.2, 0) is 16.4 Å². The van der Waals surface area contributed by atoms with E-state index in [1.807, 2.05) is 18.2 Å². The van der Waals surface area contributed by atoms with E-state index >= 15 is 0 Å². The molecule has 1 aromatic heterocycles. The van der Waals surface area contributed by atoms with E-state index < -0.39 is 10.0 Å². The van der Waals surface area contributed by atoms with Crippen LogP contribution >= 0.6 is 11.3 Å². The Balaban J connectivity index is 1.68. The zero-order valence-electron chi connectivity index (χ0n) is 12.8. The molecule has 0 amide bonds. The second-order valence-electron chi connectivity index (χ2n) is 5.98. The Hall–Kier alpha value is -1.37. The number of rotatable bonds is 3. The van der Waals surface area contributed by atoms with E-state index in [2.05, 4.69) is 6.07 Å². The summed E-state index contributed by atoms with van der Waals surface area (Å²) in [6.45, 7) is 1.98. The topological polar surface area (TPSA) is 46.6 Å². The summed E-state index contributed by atoms with van der Waals surface area (Å²) in [5.41, 5.74) is 2.21. The van der Waals surface area contributed by atoms with Crippen molar-refractivity contribution in [3.8, 4) is 16.2 Å². The summed E-state index contributed by atoms with van der Waals surface area (Å²) in [7, 11) is -3.35. The van der Waals surface area contributed by atoms with Crippen molar-refractivity contribution < 1.29 is 13.2 Å². The molecule has 0 radical (unpaired) electrons. The minimum atomic E-state index is -3.35. The molecule has 1 fully saturated rings. The number of thiophene rings is 1. The van der Waals surface area contributed by atoms with E-state index in [9.17, 15) is 8.42 Å². The maximum Gasteiger partial charge on any atom is 0.252 e. The van der Waals surface area contributed by atoms with Crippen molar-refractivity contribution in [1.29, 1.82) is 0 Å². The average molecular weight is 349 g/mol. The standard InChI is InChI=1S/C17H19NO3S2/c19-23(20,18-10-2-1-3-11-18)16-8-7-15(22-16)14-6-4-5-13-9-12-21-17(13)14/h4-8H,1-3,9-12H2. The van der Waals surface area contributed by atoms with Gasteiger partial charge in [-0.15, -0.1) is 11.3 Å². The highest BCUT2D eigenvalue weighted by atomic mass is 32.2. The fraction of sp³-hybridized carbons (Fsp3) is 0.412. The van der Waals surface area contributed by atoms with Crippen LogP contribution < -0.4 is 4.74 Å². The largest absolute Gasteiger partial charge is 0.492 e. The first kappa shape index (κ1) is 15.2. The molecular formula is C17H19NO3S2. The van der Waals surface area contributed by atoms with Crippen LogP contribution in [0.3, 0.4) is 0 Å². The first-order chi connectivity index (χ1) is 11.2. The smallest absolute Gasteiger partial charge is 0.252 e. The zero-order chi connectivity index (χ0) is 15.9. The number of benzene rings is 1. The van der Waals surface area contributed by atoms with E-state index in [0.717, 1.165) is 41.9 Å². The van der Waals surface area contributed by atoms with E-state index in [-0.39, 0.29) is 0 Å². The third-order valence-electron chi connectivity index (χ3n) is 4.47. The van der Waals surface area contributed by atoms with E-state index in [1.54, 1.807) is 10.4 Å². The minimum Gasteiger partial charge on any atom is -0.492 e. The highest BCUT2D eigenvalue weighted by molar-refractivity contribution is 7.91. The summed E-state index contributed by atoms with van der Waals surface area (Å²) in [6, 6.07) is 9.73. The van der Waals surface area contributed by atoms with Crippen LogP contribution in [-0.4, -0.2) is 32.4 Å². The maximum atomic E-state index is 12.8. The van der Waals surface area contributed by atoms with E-state index in [1.165, 1.54) is 16.9 Å². The van der Waals surface area contributed by atoms with Gasteiger partial charge in [0.05, 0.1) is 6.61 Å². The number of ether oxygens (including phenoxy) is 1. The quantitative estimate of drug-likeness (QED) is 0.852. The fourth-order valence-electron chi connectivity index (χ4n) is 3.25. The number of hydrogen-bond acceptors (Lipinski definition) is 4. The molecule has 1 aromatic carbocycles. The SMILES string of the molecule is O=S(=O)(c1ccc(-c2cccc3c2OCC3)s1)N1CCCCC1. The molecule has 122 valence electrons. The molecule has 0 spiro atoms. The van der Waals surface area contributed by atoms with Crippen LogP contribution in [0.25, 0.3) is 10.4 Å². The summed E-state index contributed by atoms with van der Waals surface area (Å²) in [6.07, 6.45) is 3.96. The predicted molar refractivity (Wildman–Crippen MR) is 91.6 cm³/mol. The Labute approximate surface area is 140 Å². The Morgan fingerprint density at radius 3 is 2.70 bits per heavy atom. The molecule has 3 heterocycles. The lowest BCUT2D eigenvalue weighted by molar-refractivity contribution is 0.347. The van der Waals surface area contributed by atoms with Crippen LogP contribution in [0.1, 0.15) is 24.8 Å². The third-order valence-corrected chi connectivity index (χ3v) is 7.95. The van der Waals surface area contributed by atoms with Gasteiger partial charge >= 0.3 is 0 Å². The van der Waals surface area contributed by atoms with E-state index in [0.29, 0.717) is 23.9 Å². The normalized spacial score (nSPS) is 18.6. The number of piperidine rings is 1. The van der Waals surface area contributed by atoms with Crippen molar-refractivity contribution in [2.75, 3.05) is 19.7 Å². The molecule has 0 saturated carbocycles. The molecule has 0 atom stereocenters. The lowest BCUT2D eigenvalue weighted by atomic mass is 10.1. The molecule has 4 rings (SSSR count). The van der Waals surface area contributed by atoms with Gasteiger partial charge in [0.1, 0.15) is 9.96 Å². The highest BCUT2D eigenvalue weighted by Gasteiger charge is 2.28. The fourth-order valence-corrected chi connectivity index (χ4v) is 6.25. The van der Waals surface area contributed by atoms with Gasteiger partial charge in [-0.25, -0.2) is 8.42 Å². The van der Waals surface area contributed by atoms with Crippen molar-refractivity contribution >= 4 is 21.4 Å². The van der Waals surface area contributed by atoms with Gasteiger partial charge in [-0.05, 0) is 36.6 Å². The van der Waals surface area contributed by atoms with Crippen molar-refractivity contribution in [2.24, 2.45) is 0 Å². The lowest BCUT2D eigenvalue weighted by Gasteiger charge is -2.25. The molecule has 2 aromatic rings. The molecule has 6 heteroatoms. The van der Waals surface area contributed by atoms with Crippen LogP contribution in [0, 0.1) is 0 Å². The molecule has 1 saturated heterocycles. The lowest BCUT2D eigenvalue weighted by Crippen LogP contribution is -2.35. The summed E-state index contributed by atoms with van der Waals surface area (Å²) in [5.74, 6) is 0.913. The van der Waals surface area contributed by atoms with Gasteiger partial charge in [0, 0.05) is 30.0 Å². The molecule has 2 aliphatic rings. The van der Waals surface area contributed by atoms with Crippen molar-refractivity contribution in [2.45, 2.75) is 29.9 Å². The summed E-state index contributed by atoms with van der Waals surface area (Å²) < 4.78 is 33.3. The minimum absolute atomic E-state index is 0.435. The summed E-state index contributed by atoms with van der Waals surface area (Å²) in [4.78, 5) is 0.958. The van der Waals surface area contributed by atoms with Gasteiger partial charge in [0.2, 0.25) is 0 Å². The molecular weight excluding hydrogens is 330 g/mol. The van der Waals surface area contributed by atoms with Crippen molar-refractivity contribution in [3.05, 3.63) is 35.9 Å². The van der Waals surface area contributed by atoms with Crippen molar-refractivity contribution in [1.82, 2.24) is 4.31 Å². The van der Waals surface area contributed by atoms with E-state index in [4.69, 9.17) is 4.74 Å². The Morgan fingerprint density at radius 1 is 1.04 bits per heavy atom. The molecule has 4 nitrogen and oxygen atoms in total. The molecule has 0 N–H and O–H groups in total. The summed E-state index contributed by atoms with van der Waals surface area (Å²) >= 11 is 1.34. The second-order valence-corrected chi connectivity index (χ2v) is 9.22. The first-order valence-corrected chi connectivity index (χ1v) is 10.3. The second kappa shape index (κ2) is 5.92. The van der Waals surface area contributed by atoms with Gasteiger partial charge < -0.3 is 4.74 Å². The number of hydrogen-bond donors (Lipinski definition) is 0. The van der Waals surface area contributed by atoms with Gasteiger partial charge in [0.15, 0.2) is 0 Å². The third kappa shape index (κ3) is 2.69. The number of sulfonamides is 1. The van der Waals surface area contributed by atoms with Gasteiger partial charge in [0.25, 0.3) is 10.0 Å². The highest BCUT2D eigenvalue weighted by Crippen LogP contribution is 2.41. The molecule has 2 aliphatic heterocycles. The first-order valence-electron chi connectivity index (χ1n) is 8.01. The number of nitrogens with zero attached hydrogens (tertiary/aromatic N) is 1. The average Bonchev–Trinajstić information content (AvgIpc) is 3.25. The van der Waals surface area contributed by atoms with Gasteiger partial charge in [-0.1, -0.05) is 18.6 Å². The van der Waals surface area contributed by atoms with Gasteiger partial charge in [-0.3, -0.25) is 0 Å². The van der Waals surface area contributed by atoms with Crippen LogP contribution in [0.4, 0.5) is 0 Å². The molecule has 23 heavy (non-hydrogen) atoms.